The molecule has 0 fully saturated rings. The van der Waals surface area contributed by atoms with Crippen molar-refractivity contribution >= 4 is 25.9 Å². The molecule has 11 heavy (non-hydrogen) atoms. The summed E-state index contributed by atoms with van der Waals surface area (Å²) in [5.41, 5.74) is -0.901. The molecule has 1 rings (SSSR count). The third-order valence-corrected chi connectivity index (χ3v) is 7.46. The number of rotatable bonds is 2. The predicted octanol–water partition coefficient (Wildman–Crippen LogP) is 2.06. The molecule has 0 aliphatic rings. The number of hydrogen-bond acceptors (Lipinski definition) is 0. The van der Waals surface area contributed by atoms with E-state index in [0.29, 0.717) is 0 Å². The molecule has 0 bridgehead atoms. The van der Waals surface area contributed by atoms with E-state index in [1.54, 1.807) is 0 Å². The van der Waals surface area contributed by atoms with Crippen LogP contribution in [0.3, 0.4) is 0 Å². The van der Waals surface area contributed by atoms with Crippen molar-refractivity contribution in [2.45, 2.75) is 6.92 Å². The molecule has 0 nitrogen and oxygen atoms in total. The number of hydrogen-bond donors (Lipinski definition) is 0. The molecule has 0 aliphatic carbocycles. The molecule has 0 aromatic heterocycles. The van der Waals surface area contributed by atoms with Gasteiger partial charge in [-0.15, -0.1) is 0 Å². The molecule has 60 valence electrons. The van der Waals surface area contributed by atoms with Crippen LogP contribution < -0.4 is 5.30 Å². The van der Waals surface area contributed by atoms with E-state index >= 15 is 0 Å². The van der Waals surface area contributed by atoms with Gasteiger partial charge in [-0.05, 0) is 0 Å². The van der Waals surface area contributed by atoms with Gasteiger partial charge < -0.3 is 0 Å². The van der Waals surface area contributed by atoms with Crippen molar-refractivity contribution in [3.8, 4) is 0 Å². The topological polar surface area (TPSA) is 0 Å². The van der Waals surface area contributed by atoms with Crippen LogP contribution in [-0.4, -0.2) is 27.9 Å². The van der Waals surface area contributed by atoms with Gasteiger partial charge in [-0.3, -0.25) is 0 Å². The summed E-state index contributed by atoms with van der Waals surface area (Å²) in [6, 6.07) is 10.7. The summed E-state index contributed by atoms with van der Waals surface area (Å²) in [4.78, 5) is 0. The molecule has 0 radical (unpaired) electrons. The van der Waals surface area contributed by atoms with Gasteiger partial charge in [0, 0.05) is 0 Å². The third-order valence-electron chi connectivity index (χ3n) is 1.91. The van der Waals surface area contributed by atoms with Crippen LogP contribution in [0.2, 0.25) is 0 Å². The van der Waals surface area contributed by atoms with Crippen LogP contribution in [-0.2, 0) is 0 Å². The molecule has 0 aliphatic heterocycles. The molecule has 0 amide bonds. The molecular weight excluding hydrogens is 218 g/mol. The van der Waals surface area contributed by atoms with Gasteiger partial charge in [-0.1, -0.05) is 0 Å². The summed E-state index contributed by atoms with van der Waals surface area (Å²) >= 11 is 3.33. The minimum atomic E-state index is -0.901. The van der Waals surface area contributed by atoms with E-state index in [4.69, 9.17) is 0 Å². The van der Waals surface area contributed by atoms with Crippen molar-refractivity contribution in [2.24, 2.45) is 0 Å². The van der Waals surface area contributed by atoms with Crippen LogP contribution in [0.15, 0.2) is 30.3 Å². The first kappa shape index (κ1) is 9.26. The Morgan fingerprint density at radius 2 is 1.82 bits per heavy atom. The van der Waals surface area contributed by atoms with Crippen LogP contribution in [0, 0.1) is 0 Å². The fourth-order valence-electron chi connectivity index (χ4n) is 0.926. The molecule has 2 heteroatoms. The first-order valence-corrected chi connectivity index (χ1v) is 8.42. The van der Waals surface area contributed by atoms with E-state index < -0.39 is 5.51 Å². The quantitative estimate of drug-likeness (QED) is 0.540. The van der Waals surface area contributed by atoms with Crippen molar-refractivity contribution in [3.05, 3.63) is 30.3 Å². The summed E-state index contributed by atoms with van der Waals surface area (Å²) in [5.74, 6) is 0. The summed E-state index contributed by atoms with van der Waals surface area (Å²) in [6.07, 6.45) is 1.25. The minimum absolute atomic E-state index is 0.901. The third kappa shape index (κ3) is 2.30. The van der Waals surface area contributed by atoms with Crippen molar-refractivity contribution < 1.29 is 0 Å². The summed E-state index contributed by atoms with van der Waals surface area (Å²) in [6.45, 7) is 4.58. The molecule has 1 unspecified atom stereocenters. The first-order valence-electron chi connectivity index (χ1n) is 3.79. The Morgan fingerprint density at radius 1 is 1.27 bits per heavy atom. The summed E-state index contributed by atoms with van der Waals surface area (Å²) in [7, 11) is 0. The Labute approximate surface area is 76.2 Å². The van der Waals surface area contributed by atoms with Crippen molar-refractivity contribution in [1.82, 2.24) is 0 Å². The molecule has 0 spiro atoms. The molecule has 0 N–H and O–H groups in total. The standard InChI is InChI=1S/C9H13PSe/c1-3-10(2,11)9-7-5-4-6-8-9/h4-8H,3H2,1-2H3. The van der Waals surface area contributed by atoms with Crippen LogP contribution in [0.1, 0.15) is 6.92 Å². The summed E-state index contributed by atoms with van der Waals surface area (Å²) < 4.78 is 0. The Morgan fingerprint density at radius 3 is 2.27 bits per heavy atom. The van der Waals surface area contributed by atoms with Gasteiger partial charge in [-0.25, -0.2) is 0 Å². The fraction of sp³-hybridized carbons (Fsp3) is 0.333. The van der Waals surface area contributed by atoms with E-state index in [2.05, 4.69) is 59.0 Å². The van der Waals surface area contributed by atoms with Crippen molar-refractivity contribution in [2.75, 3.05) is 12.8 Å². The van der Waals surface area contributed by atoms with Gasteiger partial charge in [0.25, 0.3) is 0 Å². The van der Waals surface area contributed by atoms with Crippen molar-refractivity contribution in [1.29, 1.82) is 0 Å². The van der Waals surface area contributed by atoms with Crippen LogP contribution >= 0.6 is 5.51 Å². The zero-order chi connectivity index (χ0) is 8.32. The van der Waals surface area contributed by atoms with Crippen molar-refractivity contribution in [3.63, 3.8) is 0 Å². The van der Waals surface area contributed by atoms with Gasteiger partial charge in [0.05, 0.1) is 0 Å². The van der Waals surface area contributed by atoms with Crippen LogP contribution in [0.4, 0.5) is 0 Å². The Bertz CT molecular complexity index is 266. The zero-order valence-corrected chi connectivity index (χ0v) is 9.56. The Kier molecular flexibility index (Phi) is 3.13. The van der Waals surface area contributed by atoms with Gasteiger partial charge in [0.2, 0.25) is 0 Å². The van der Waals surface area contributed by atoms with E-state index in [0.717, 1.165) is 0 Å². The average Bonchev–Trinajstić information content (AvgIpc) is 2.06. The molecule has 0 heterocycles. The Hall–Kier alpha value is 0.169. The average molecular weight is 231 g/mol. The summed E-state index contributed by atoms with van der Waals surface area (Å²) in [5, 5.41) is 1.49. The maximum absolute atomic E-state index is 3.33. The zero-order valence-electron chi connectivity index (χ0n) is 6.95. The Balaban J connectivity index is 3.03. The maximum atomic E-state index is 3.33. The fourth-order valence-corrected chi connectivity index (χ4v) is 2.86. The van der Waals surface area contributed by atoms with Gasteiger partial charge >= 0.3 is 76.0 Å². The monoisotopic (exact) mass is 232 g/mol. The van der Waals surface area contributed by atoms with Crippen LogP contribution in [0.25, 0.3) is 0 Å². The van der Waals surface area contributed by atoms with Gasteiger partial charge in [0.15, 0.2) is 0 Å². The second-order valence-corrected chi connectivity index (χ2v) is 11.2. The van der Waals surface area contributed by atoms with Gasteiger partial charge in [-0.2, -0.15) is 0 Å². The second kappa shape index (κ2) is 3.72. The molecule has 1 aromatic rings. The van der Waals surface area contributed by atoms with E-state index in [-0.39, 0.29) is 0 Å². The molecule has 0 saturated carbocycles. The SMILES string of the molecule is CCP(C)(=[Se])c1ccccc1. The second-order valence-electron chi connectivity index (χ2n) is 2.75. The molecular formula is C9H13PSe. The molecule has 1 atom stereocenters. The molecule has 0 saturated heterocycles. The van der Waals surface area contributed by atoms with Crippen LogP contribution in [0.5, 0.6) is 0 Å². The van der Waals surface area contributed by atoms with E-state index in [1.165, 1.54) is 11.5 Å². The first-order chi connectivity index (χ1) is 5.17. The van der Waals surface area contributed by atoms with E-state index in [9.17, 15) is 0 Å². The normalized spacial score (nSPS) is 15.8. The predicted molar refractivity (Wildman–Crippen MR) is 55.2 cm³/mol. The molecule has 1 aromatic carbocycles. The van der Waals surface area contributed by atoms with Gasteiger partial charge in [0.1, 0.15) is 0 Å². The van der Waals surface area contributed by atoms with E-state index in [1.807, 2.05) is 0 Å². The number of benzene rings is 1.